The third-order valence-electron chi connectivity index (χ3n) is 3.90. The number of aromatic nitrogens is 1. The van der Waals surface area contributed by atoms with Crippen LogP contribution < -0.4 is 4.90 Å². The molecule has 2 rings (SSSR count). The average molecular weight is 349 g/mol. The van der Waals surface area contributed by atoms with Gasteiger partial charge >= 0.3 is 12.1 Å². The summed E-state index contributed by atoms with van der Waals surface area (Å²) in [6.07, 6.45) is 1.33. The Bertz CT molecular complexity index is 632. The second kappa shape index (κ2) is 7.72. The van der Waals surface area contributed by atoms with Gasteiger partial charge in [-0.05, 0) is 40.7 Å². The van der Waals surface area contributed by atoms with Crippen molar-refractivity contribution < 1.29 is 19.1 Å². The molecule has 2 heterocycles. The highest BCUT2D eigenvalue weighted by atomic mass is 16.6. The topological polar surface area (TPSA) is 72.0 Å². The van der Waals surface area contributed by atoms with E-state index in [4.69, 9.17) is 9.47 Å². The first kappa shape index (κ1) is 19.0. The predicted octanol–water partition coefficient (Wildman–Crippen LogP) is 2.62. The lowest BCUT2D eigenvalue weighted by atomic mass is 10.1. The van der Waals surface area contributed by atoms with Crippen molar-refractivity contribution in [3.63, 3.8) is 0 Å². The number of amides is 1. The van der Waals surface area contributed by atoms with Gasteiger partial charge in [0.15, 0.2) is 0 Å². The molecule has 0 bridgehead atoms. The second-order valence-corrected chi connectivity index (χ2v) is 6.98. The van der Waals surface area contributed by atoms with Gasteiger partial charge in [0.2, 0.25) is 0 Å². The first-order valence-corrected chi connectivity index (χ1v) is 8.58. The summed E-state index contributed by atoms with van der Waals surface area (Å²) in [7, 11) is 0. The lowest BCUT2D eigenvalue weighted by Gasteiger charge is -2.36. The Balaban J connectivity index is 2.05. The van der Waals surface area contributed by atoms with E-state index in [1.165, 1.54) is 0 Å². The summed E-state index contributed by atoms with van der Waals surface area (Å²) in [6.45, 7) is 11.9. The summed E-state index contributed by atoms with van der Waals surface area (Å²) in [5.41, 5.74) is 0.827. The van der Waals surface area contributed by atoms with Gasteiger partial charge in [-0.1, -0.05) is 0 Å². The largest absolute Gasteiger partial charge is 0.462 e. The van der Waals surface area contributed by atoms with Crippen LogP contribution in [-0.4, -0.2) is 60.3 Å². The highest BCUT2D eigenvalue weighted by Crippen LogP contribution is 2.23. The Morgan fingerprint density at radius 1 is 1.20 bits per heavy atom. The summed E-state index contributed by atoms with van der Waals surface area (Å²) >= 11 is 0. The maximum absolute atomic E-state index is 12.1. The number of anilines is 1. The summed E-state index contributed by atoms with van der Waals surface area (Å²) in [6, 6.07) is 1.67. The minimum absolute atomic E-state index is 0.294. The normalized spacial score (nSPS) is 15.1. The van der Waals surface area contributed by atoms with Crippen molar-refractivity contribution in [2.75, 3.05) is 37.7 Å². The predicted molar refractivity (Wildman–Crippen MR) is 95.0 cm³/mol. The molecule has 7 nitrogen and oxygen atoms in total. The lowest BCUT2D eigenvalue weighted by molar-refractivity contribution is 0.0240. The Morgan fingerprint density at radius 3 is 2.40 bits per heavy atom. The third kappa shape index (κ3) is 4.84. The Labute approximate surface area is 148 Å². The van der Waals surface area contributed by atoms with Crippen LogP contribution in [0.5, 0.6) is 0 Å². The molecule has 1 aliphatic rings. The number of esters is 1. The Hall–Kier alpha value is -2.31. The molecule has 0 spiro atoms. The molecular weight excluding hydrogens is 322 g/mol. The molecule has 1 aromatic rings. The first-order valence-electron chi connectivity index (χ1n) is 8.58. The third-order valence-corrected chi connectivity index (χ3v) is 3.90. The number of rotatable bonds is 3. The fourth-order valence-corrected chi connectivity index (χ4v) is 2.70. The molecule has 138 valence electrons. The number of carbonyl (C=O) groups is 2. The van der Waals surface area contributed by atoms with Crippen LogP contribution in [0.15, 0.2) is 12.3 Å². The number of hydrogen-bond acceptors (Lipinski definition) is 6. The van der Waals surface area contributed by atoms with Crippen LogP contribution >= 0.6 is 0 Å². The molecule has 1 aromatic heterocycles. The van der Waals surface area contributed by atoms with Gasteiger partial charge in [-0.3, -0.25) is 0 Å². The Kier molecular flexibility index (Phi) is 5.87. The zero-order valence-corrected chi connectivity index (χ0v) is 15.7. The summed E-state index contributed by atoms with van der Waals surface area (Å²) < 4.78 is 10.5. The van der Waals surface area contributed by atoms with Crippen molar-refractivity contribution in [1.29, 1.82) is 0 Å². The SMILES string of the molecule is CCOC(=O)c1ccnc(N2CCN(C(=O)OC(C)(C)C)CC2)c1C. The van der Waals surface area contributed by atoms with Crippen molar-refractivity contribution in [2.45, 2.75) is 40.2 Å². The zero-order valence-electron chi connectivity index (χ0n) is 15.7. The Morgan fingerprint density at radius 2 is 1.84 bits per heavy atom. The van der Waals surface area contributed by atoms with E-state index in [0.717, 1.165) is 11.4 Å². The number of pyridine rings is 1. The molecule has 0 atom stereocenters. The zero-order chi connectivity index (χ0) is 18.6. The van der Waals surface area contributed by atoms with E-state index in [-0.39, 0.29) is 12.1 Å². The van der Waals surface area contributed by atoms with Gasteiger partial charge < -0.3 is 19.3 Å². The standard InChI is InChI=1S/C18H27N3O4/c1-6-24-16(22)14-7-8-19-15(13(14)2)20-9-11-21(12-10-20)17(23)25-18(3,4)5/h7-8H,6,9-12H2,1-5H3. The fraction of sp³-hybridized carbons (Fsp3) is 0.611. The number of carbonyl (C=O) groups excluding carboxylic acids is 2. The van der Waals surface area contributed by atoms with Crippen molar-refractivity contribution >= 4 is 17.9 Å². The summed E-state index contributed by atoms with van der Waals surface area (Å²) in [4.78, 5) is 32.4. The lowest BCUT2D eigenvalue weighted by Crippen LogP contribution is -2.50. The first-order chi connectivity index (χ1) is 11.7. The summed E-state index contributed by atoms with van der Waals surface area (Å²) in [5.74, 6) is 0.422. The summed E-state index contributed by atoms with van der Waals surface area (Å²) in [5, 5.41) is 0. The van der Waals surface area contributed by atoms with Gasteiger partial charge in [0.25, 0.3) is 0 Å². The van der Waals surface area contributed by atoms with E-state index < -0.39 is 5.60 Å². The minimum Gasteiger partial charge on any atom is -0.462 e. The highest BCUT2D eigenvalue weighted by Gasteiger charge is 2.27. The quantitative estimate of drug-likeness (QED) is 0.781. The molecule has 1 saturated heterocycles. The van der Waals surface area contributed by atoms with Crippen LogP contribution in [0.1, 0.15) is 43.6 Å². The van der Waals surface area contributed by atoms with Gasteiger partial charge in [0.1, 0.15) is 11.4 Å². The second-order valence-electron chi connectivity index (χ2n) is 6.98. The molecule has 1 fully saturated rings. The smallest absolute Gasteiger partial charge is 0.410 e. The van der Waals surface area contributed by atoms with Crippen LogP contribution in [0.2, 0.25) is 0 Å². The molecule has 0 aliphatic carbocycles. The van der Waals surface area contributed by atoms with E-state index in [1.54, 1.807) is 24.1 Å². The van der Waals surface area contributed by atoms with Crippen LogP contribution in [0.3, 0.4) is 0 Å². The van der Waals surface area contributed by atoms with Crippen molar-refractivity contribution in [3.05, 3.63) is 23.4 Å². The fourth-order valence-electron chi connectivity index (χ4n) is 2.70. The molecule has 1 aliphatic heterocycles. The molecule has 0 unspecified atom stereocenters. The van der Waals surface area contributed by atoms with Crippen LogP contribution in [-0.2, 0) is 9.47 Å². The number of nitrogens with zero attached hydrogens (tertiary/aromatic N) is 3. The maximum Gasteiger partial charge on any atom is 0.410 e. The molecule has 0 N–H and O–H groups in total. The number of ether oxygens (including phenoxy) is 2. The van der Waals surface area contributed by atoms with Crippen molar-refractivity contribution in [3.8, 4) is 0 Å². The highest BCUT2D eigenvalue weighted by molar-refractivity contribution is 5.92. The van der Waals surface area contributed by atoms with Crippen molar-refractivity contribution in [1.82, 2.24) is 9.88 Å². The molecule has 1 amide bonds. The van der Waals surface area contributed by atoms with E-state index in [2.05, 4.69) is 9.88 Å². The van der Waals surface area contributed by atoms with Gasteiger partial charge in [0, 0.05) is 37.9 Å². The molecule has 0 aromatic carbocycles. The molecule has 0 saturated carbocycles. The van der Waals surface area contributed by atoms with Gasteiger partial charge in [0.05, 0.1) is 12.2 Å². The van der Waals surface area contributed by atoms with Gasteiger partial charge in [-0.2, -0.15) is 0 Å². The van der Waals surface area contributed by atoms with Gasteiger partial charge in [-0.15, -0.1) is 0 Å². The van der Waals surface area contributed by atoms with E-state index >= 15 is 0 Å². The van der Waals surface area contributed by atoms with E-state index in [0.29, 0.717) is 38.3 Å². The van der Waals surface area contributed by atoms with E-state index in [9.17, 15) is 9.59 Å². The maximum atomic E-state index is 12.1. The molecule has 0 radical (unpaired) electrons. The van der Waals surface area contributed by atoms with Crippen molar-refractivity contribution in [2.24, 2.45) is 0 Å². The van der Waals surface area contributed by atoms with Crippen LogP contribution in [0.25, 0.3) is 0 Å². The average Bonchev–Trinajstić information content (AvgIpc) is 2.54. The molecular formula is C18H27N3O4. The monoisotopic (exact) mass is 349 g/mol. The minimum atomic E-state index is -0.500. The van der Waals surface area contributed by atoms with Gasteiger partial charge in [-0.25, -0.2) is 14.6 Å². The molecule has 25 heavy (non-hydrogen) atoms. The van der Waals surface area contributed by atoms with Crippen LogP contribution in [0.4, 0.5) is 10.6 Å². The van der Waals surface area contributed by atoms with E-state index in [1.807, 2.05) is 27.7 Å². The number of hydrogen-bond donors (Lipinski definition) is 0. The van der Waals surface area contributed by atoms with Crippen LogP contribution in [0, 0.1) is 6.92 Å². The molecule has 7 heteroatoms. The number of piperazine rings is 1.